The number of aromatic nitrogens is 3. The Hall–Kier alpha value is -2.94. The van der Waals surface area contributed by atoms with E-state index in [-0.39, 0.29) is 17.4 Å². The van der Waals surface area contributed by atoms with Crippen molar-refractivity contribution in [2.75, 3.05) is 5.32 Å². The number of rotatable bonds is 5. The molecule has 0 saturated carbocycles. The molecule has 28 heavy (non-hydrogen) atoms. The first-order chi connectivity index (χ1) is 13.1. The molecule has 0 spiro atoms. The van der Waals surface area contributed by atoms with Gasteiger partial charge in [0.15, 0.2) is 10.9 Å². The quantitative estimate of drug-likeness (QED) is 0.681. The van der Waals surface area contributed by atoms with Gasteiger partial charge in [-0.1, -0.05) is 0 Å². The zero-order chi connectivity index (χ0) is 20.5. The van der Waals surface area contributed by atoms with Crippen LogP contribution in [-0.2, 0) is 16.9 Å². The Balaban J connectivity index is 1.70. The lowest BCUT2D eigenvalue weighted by Crippen LogP contribution is -2.25. The first kappa shape index (κ1) is 19.8. The number of amides is 2. The molecule has 0 radical (unpaired) electrons. The van der Waals surface area contributed by atoms with Crippen molar-refractivity contribution in [3.05, 3.63) is 40.7 Å². The normalized spacial score (nSPS) is 11.5. The minimum atomic E-state index is -0.250. The van der Waals surface area contributed by atoms with Crippen LogP contribution in [0.25, 0.3) is 11.5 Å². The third kappa shape index (κ3) is 4.30. The summed E-state index contributed by atoms with van der Waals surface area (Å²) in [6.07, 6.45) is 1.57. The number of thiazole rings is 1. The number of carbonyl (C=O) groups excluding carboxylic acids is 2. The van der Waals surface area contributed by atoms with E-state index in [1.54, 1.807) is 18.3 Å². The molecule has 0 fully saturated rings. The molecule has 0 atom stereocenters. The lowest BCUT2D eigenvalue weighted by atomic mass is 10.1. The van der Waals surface area contributed by atoms with E-state index in [4.69, 9.17) is 4.42 Å². The number of hydrogen-bond donors (Lipinski definition) is 2. The molecule has 3 heterocycles. The second-order valence-electron chi connectivity index (χ2n) is 7.39. The Morgan fingerprint density at radius 2 is 2.04 bits per heavy atom. The highest BCUT2D eigenvalue weighted by atomic mass is 32.1. The van der Waals surface area contributed by atoms with E-state index < -0.39 is 0 Å². The molecule has 8 nitrogen and oxygen atoms in total. The maximum atomic E-state index is 12.6. The van der Waals surface area contributed by atoms with Crippen LogP contribution in [0.15, 0.2) is 28.1 Å². The van der Waals surface area contributed by atoms with E-state index >= 15 is 0 Å². The number of furan rings is 1. The summed E-state index contributed by atoms with van der Waals surface area (Å²) in [4.78, 5) is 28.0. The number of hydrogen-bond acceptors (Lipinski definition) is 6. The van der Waals surface area contributed by atoms with E-state index in [2.05, 4.69) is 20.7 Å². The standard InChI is InChI=1S/C19H23N5O3S/c1-11-14(9-21-24(11)19(3,4)5)17(26)23-18-22-15(10-28-18)16-7-6-13(27-16)8-20-12(2)25/h6-7,9-10H,8H2,1-5H3,(H,20,25)(H,22,23,26). The zero-order valence-electron chi connectivity index (χ0n) is 16.5. The smallest absolute Gasteiger partial charge is 0.260 e. The van der Waals surface area contributed by atoms with E-state index in [1.807, 2.05) is 37.8 Å². The molecule has 3 rings (SSSR count). The van der Waals surface area contributed by atoms with Crippen molar-refractivity contribution >= 4 is 28.3 Å². The van der Waals surface area contributed by atoms with Crippen LogP contribution in [0.5, 0.6) is 0 Å². The molecule has 2 N–H and O–H groups in total. The molecule has 3 aromatic heterocycles. The molecule has 9 heteroatoms. The van der Waals surface area contributed by atoms with Gasteiger partial charge >= 0.3 is 0 Å². The van der Waals surface area contributed by atoms with Gasteiger partial charge < -0.3 is 9.73 Å². The molecule has 148 valence electrons. The number of anilines is 1. The summed E-state index contributed by atoms with van der Waals surface area (Å²) in [5, 5.41) is 12.1. The van der Waals surface area contributed by atoms with Crippen molar-refractivity contribution < 1.29 is 14.0 Å². The highest BCUT2D eigenvalue weighted by Gasteiger charge is 2.22. The number of nitrogens with zero attached hydrogens (tertiary/aromatic N) is 3. The largest absolute Gasteiger partial charge is 0.458 e. The maximum Gasteiger partial charge on any atom is 0.260 e. The van der Waals surface area contributed by atoms with Crippen LogP contribution in [0.2, 0.25) is 0 Å². The summed E-state index contributed by atoms with van der Waals surface area (Å²) in [6.45, 7) is 9.74. The summed E-state index contributed by atoms with van der Waals surface area (Å²) in [7, 11) is 0. The summed E-state index contributed by atoms with van der Waals surface area (Å²) >= 11 is 1.31. The van der Waals surface area contributed by atoms with Crippen molar-refractivity contribution in [1.29, 1.82) is 0 Å². The fourth-order valence-electron chi connectivity index (χ4n) is 2.74. The van der Waals surface area contributed by atoms with Crippen molar-refractivity contribution in [2.24, 2.45) is 0 Å². The Morgan fingerprint density at radius 1 is 1.29 bits per heavy atom. The second kappa shape index (κ2) is 7.59. The summed E-state index contributed by atoms with van der Waals surface area (Å²) in [6, 6.07) is 3.57. The van der Waals surface area contributed by atoms with Gasteiger partial charge in [-0.2, -0.15) is 5.10 Å². The topological polar surface area (TPSA) is 102 Å². The monoisotopic (exact) mass is 401 g/mol. The lowest BCUT2D eigenvalue weighted by molar-refractivity contribution is -0.119. The molecule has 0 bridgehead atoms. The average molecular weight is 401 g/mol. The predicted molar refractivity (Wildman–Crippen MR) is 107 cm³/mol. The average Bonchev–Trinajstić information content (AvgIpc) is 3.30. The predicted octanol–water partition coefficient (Wildman–Crippen LogP) is 3.55. The van der Waals surface area contributed by atoms with E-state index in [0.717, 1.165) is 5.69 Å². The van der Waals surface area contributed by atoms with Crippen LogP contribution in [0.3, 0.4) is 0 Å². The molecule has 0 saturated heterocycles. The van der Waals surface area contributed by atoms with Crippen LogP contribution in [0, 0.1) is 6.92 Å². The van der Waals surface area contributed by atoms with Crippen LogP contribution in [0.1, 0.15) is 49.5 Å². The highest BCUT2D eigenvalue weighted by Crippen LogP contribution is 2.27. The fraction of sp³-hybridized carbons (Fsp3) is 0.368. The van der Waals surface area contributed by atoms with Crippen molar-refractivity contribution in [3.8, 4) is 11.5 Å². The number of nitrogens with one attached hydrogen (secondary N) is 2. The third-order valence-corrected chi connectivity index (χ3v) is 4.80. The van der Waals surface area contributed by atoms with Crippen molar-refractivity contribution in [1.82, 2.24) is 20.1 Å². The van der Waals surface area contributed by atoms with Gasteiger partial charge in [-0.3, -0.25) is 19.6 Å². The maximum absolute atomic E-state index is 12.6. The van der Waals surface area contributed by atoms with E-state index in [1.165, 1.54) is 18.3 Å². The lowest BCUT2D eigenvalue weighted by Gasteiger charge is -2.21. The first-order valence-corrected chi connectivity index (χ1v) is 9.68. The van der Waals surface area contributed by atoms with Crippen molar-refractivity contribution in [3.63, 3.8) is 0 Å². The van der Waals surface area contributed by atoms with Gasteiger partial charge in [0.1, 0.15) is 11.5 Å². The molecule has 0 aliphatic rings. The van der Waals surface area contributed by atoms with Crippen LogP contribution in [-0.4, -0.2) is 26.6 Å². The molecule has 0 aromatic carbocycles. The molecule has 3 aromatic rings. The van der Waals surface area contributed by atoms with Crippen LogP contribution < -0.4 is 10.6 Å². The van der Waals surface area contributed by atoms with Crippen LogP contribution >= 0.6 is 11.3 Å². The summed E-state index contributed by atoms with van der Waals surface area (Å²) in [5.74, 6) is 0.837. The Labute approximate surface area is 167 Å². The van der Waals surface area contributed by atoms with Crippen LogP contribution in [0.4, 0.5) is 5.13 Å². The first-order valence-electron chi connectivity index (χ1n) is 8.80. The van der Waals surface area contributed by atoms with Gasteiger partial charge in [-0.25, -0.2) is 4.98 Å². The Kier molecular flexibility index (Phi) is 5.37. The Morgan fingerprint density at radius 3 is 2.68 bits per heavy atom. The molecule has 2 amide bonds. The molecular weight excluding hydrogens is 378 g/mol. The van der Waals surface area contributed by atoms with Gasteiger partial charge in [0.05, 0.1) is 23.8 Å². The molecule has 0 aliphatic heterocycles. The minimum Gasteiger partial charge on any atom is -0.458 e. The SMILES string of the molecule is CC(=O)NCc1ccc(-c2csc(NC(=O)c3cnn(C(C)(C)C)c3C)n2)o1. The molecule has 0 unspecified atom stereocenters. The second-order valence-corrected chi connectivity index (χ2v) is 8.25. The summed E-state index contributed by atoms with van der Waals surface area (Å²) < 4.78 is 7.51. The minimum absolute atomic E-state index is 0.123. The van der Waals surface area contributed by atoms with Gasteiger partial charge in [0, 0.05) is 18.0 Å². The van der Waals surface area contributed by atoms with Gasteiger partial charge in [0.25, 0.3) is 5.91 Å². The van der Waals surface area contributed by atoms with E-state index in [0.29, 0.717) is 34.5 Å². The fourth-order valence-corrected chi connectivity index (χ4v) is 3.43. The summed E-state index contributed by atoms with van der Waals surface area (Å²) in [5.41, 5.74) is 1.74. The van der Waals surface area contributed by atoms with Gasteiger partial charge in [-0.15, -0.1) is 11.3 Å². The van der Waals surface area contributed by atoms with Crippen molar-refractivity contribution in [2.45, 2.75) is 46.7 Å². The van der Waals surface area contributed by atoms with E-state index in [9.17, 15) is 9.59 Å². The Bertz CT molecular complexity index is 1010. The zero-order valence-corrected chi connectivity index (χ0v) is 17.3. The third-order valence-electron chi connectivity index (χ3n) is 4.04. The van der Waals surface area contributed by atoms with Gasteiger partial charge in [-0.05, 0) is 39.8 Å². The molecular formula is C19H23N5O3S. The van der Waals surface area contributed by atoms with Gasteiger partial charge in [0.2, 0.25) is 5.91 Å². The number of carbonyl (C=O) groups is 2. The molecule has 0 aliphatic carbocycles. The highest BCUT2D eigenvalue weighted by molar-refractivity contribution is 7.14.